The van der Waals surface area contributed by atoms with Crippen molar-refractivity contribution in [3.63, 3.8) is 0 Å². The van der Waals surface area contributed by atoms with Gasteiger partial charge < -0.3 is 25.6 Å². The second-order valence-electron chi connectivity index (χ2n) is 12.8. The van der Waals surface area contributed by atoms with Crippen LogP contribution in [0.3, 0.4) is 0 Å². The lowest BCUT2D eigenvalue weighted by Gasteiger charge is -2.39. The number of nitrogens with one attached hydrogen (secondary N) is 1. The topological polar surface area (TPSA) is 171 Å². The number of pyridine rings is 1. The van der Waals surface area contributed by atoms with Crippen molar-refractivity contribution in [1.82, 2.24) is 29.7 Å². The number of benzene rings is 1. The van der Waals surface area contributed by atoms with E-state index in [2.05, 4.69) is 26.2 Å². The summed E-state index contributed by atoms with van der Waals surface area (Å²) in [6, 6.07) is 15.0. The van der Waals surface area contributed by atoms with Crippen LogP contribution in [0.25, 0.3) is 11.3 Å². The van der Waals surface area contributed by atoms with Crippen LogP contribution in [-0.2, 0) is 25.5 Å². The number of esters is 1. The number of hydrogen-bond acceptors (Lipinski definition) is 11. The monoisotopic (exact) mass is 701 g/mol. The standard InChI is InChI=1S/C36H47N9O4S/c1-25(46)39-29-9-7-27(8-10-29)34-30(23-37)35(38)42-36(41-34)50(3)31-6-4-5-28(40-31)11-12-32(47)45-21-19-44(20-22-45)24-26-13-16-43(17-14-26)18-15-33(48)49-2/h4-10,26,50H,11-22,24H2,1-3H3,(H,39,46)(H2,38,41,42). The maximum atomic E-state index is 13.2. The highest BCUT2D eigenvalue weighted by atomic mass is 32.2. The summed E-state index contributed by atoms with van der Waals surface area (Å²) in [4.78, 5) is 57.0. The number of piperidine rings is 1. The molecule has 266 valence electrons. The predicted octanol–water partition coefficient (Wildman–Crippen LogP) is 3.35. The van der Waals surface area contributed by atoms with Gasteiger partial charge in [-0.05, 0) is 68.8 Å². The lowest BCUT2D eigenvalue weighted by molar-refractivity contribution is -0.141. The third kappa shape index (κ3) is 9.77. The van der Waals surface area contributed by atoms with Crippen molar-refractivity contribution in [3.8, 4) is 17.3 Å². The quantitative estimate of drug-likeness (QED) is 0.144. The van der Waals surface area contributed by atoms with Gasteiger partial charge in [0.15, 0.2) is 5.16 Å². The van der Waals surface area contributed by atoms with Gasteiger partial charge in [-0.1, -0.05) is 18.2 Å². The van der Waals surface area contributed by atoms with Crippen LogP contribution >= 0.6 is 10.9 Å². The molecule has 0 saturated carbocycles. The number of hydrogen-bond donors (Lipinski definition) is 3. The van der Waals surface area contributed by atoms with Crippen molar-refractivity contribution >= 4 is 40.2 Å². The van der Waals surface area contributed by atoms with E-state index in [1.807, 2.05) is 29.4 Å². The number of nitriles is 1. The van der Waals surface area contributed by atoms with Gasteiger partial charge in [-0.25, -0.2) is 15.0 Å². The smallest absolute Gasteiger partial charge is 0.306 e. The number of methoxy groups -OCH3 is 1. The number of nitrogens with two attached hydrogens (primary N) is 1. The molecule has 4 heterocycles. The van der Waals surface area contributed by atoms with E-state index in [1.165, 1.54) is 14.0 Å². The van der Waals surface area contributed by atoms with Crippen molar-refractivity contribution in [2.24, 2.45) is 5.92 Å². The van der Waals surface area contributed by atoms with Crippen LogP contribution in [0.1, 0.15) is 43.9 Å². The third-order valence-corrected chi connectivity index (χ3v) is 11.1. The highest BCUT2D eigenvalue weighted by molar-refractivity contribution is 8.16. The van der Waals surface area contributed by atoms with E-state index in [0.717, 1.165) is 75.9 Å². The van der Waals surface area contributed by atoms with Gasteiger partial charge in [0.1, 0.15) is 17.5 Å². The number of carbonyl (C=O) groups excluding carboxylic acids is 3. The molecule has 14 heteroatoms. The largest absolute Gasteiger partial charge is 0.469 e. The van der Waals surface area contributed by atoms with Gasteiger partial charge in [0, 0.05) is 69.6 Å². The molecule has 13 nitrogen and oxygen atoms in total. The number of nitrogens with zero attached hydrogens (tertiary/aromatic N) is 7. The third-order valence-electron chi connectivity index (χ3n) is 9.35. The first kappa shape index (κ1) is 36.7. The van der Waals surface area contributed by atoms with Crippen LogP contribution in [-0.4, -0.2) is 113 Å². The number of amides is 2. The molecule has 0 radical (unpaired) electrons. The lowest BCUT2D eigenvalue weighted by atomic mass is 9.95. The van der Waals surface area contributed by atoms with Crippen molar-refractivity contribution in [1.29, 1.82) is 5.26 Å². The van der Waals surface area contributed by atoms with E-state index < -0.39 is 10.9 Å². The highest BCUT2D eigenvalue weighted by Crippen LogP contribution is 2.40. The number of aryl methyl sites for hydroxylation is 1. The second kappa shape index (κ2) is 17.4. The Balaban J connectivity index is 1.12. The van der Waals surface area contributed by atoms with E-state index in [4.69, 9.17) is 20.4 Å². The fourth-order valence-corrected chi connectivity index (χ4v) is 7.73. The molecule has 1 aromatic carbocycles. The molecule has 2 aliphatic heterocycles. The summed E-state index contributed by atoms with van der Waals surface area (Å²) in [5, 5.41) is 13.9. The number of carbonyl (C=O) groups is 3. The minimum absolute atomic E-state index is 0.104. The molecule has 0 spiro atoms. The molecule has 2 amide bonds. The van der Waals surface area contributed by atoms with Crippen LogP contribution in [0.4, 0.5) is 11.5 Å². The molecule has 3 N–H and O–H groups in total. The first-order chi connectivity index (χ1) is 24.1. The molecule has 2 aromatic heterocycles. The van der Waals surface area contributed by atoms with E-state index in [1.54, 1.807) is 24.3 Å². The molecule has 0 bridgehead atoms. The molecular formula is C36H47N9O4S. The zero-order valence-electron chi connectivity index (χ0n) is 29.1. The molecule has 2 fully saturated rings. The summed E-state index contributed by atoms with van der Waals surface area (Å²) in [6.45, 7) is 8.54. The Morgan fingerprint density at radius 1 is 0.980 bits per heavy atom. The van der Waals surface area contributed by atoms with Crippen LogP contribution in [0.5, 0.6) is 0 Å². The number of likely N-dealkylation sites (tertiary alicyclic amines) is 1. The molecule has 50 heavy (non-hydrogen) atoms. The molecule has 1 atom stereocenters. The van der Waals surface area contributed by atoms with Gasteiger partial charge in [-0.3, -0.25) is 19.3 Å². The van der Waals surface area contributed by atoms with Crippen LogP contribution in [0.2, 0.25) is 0 Å². The van der Waals surface area contributed by atoms with Crippen LogP contribution < -0.4 is 11.1 Å². The summed E-state index contributed by atoms with van der Waals surface area (Å²) in [5.41, 5.74) is 9.02. The summed E-state index contributed by atoms with van der Waals surface area (Å²) in [5.74, 6) is 0.571. The van der Waals surface area contributed by atoms with Gasteiger partial charge >= 0.3 is 5.97 Å². The number of rotatable bonds is 12. The SMILES string of the molecule is COC(=O)CCN1CCC(CN2CCN(C(=O)CCc3cccc([SH](C)c4nc(N)c(C#N)c(-c5ccc(NC(C)=O)cc5)n4)n3)CC2)CC1. The Kier molecular flexibility index (Phi) is 12.8. The van der Waals surface area contributed by atoms with Gasteiger partial charge in [-0.15, -0.1) is 0 Å². The predicted molar refractivity (Wildman–Crippen MR) is 194 cm³/mol. The molecule has 0 aliphatic carbocycles. The Hall–Kier alpha value is -4.58. The fourth-order valence-electron chi connectivity index (χ4n) is 6.43. The average Bonchev–Trinajstić information content (AvgIpc) is 3.13. The number of aromatic nitrogens is 3. The Labute approximate surface area is 296 Å². The molecule has 3 aromatic rings. The number of nitrogen functional groups attached to an aromatic ring is 1. The normalized spacial score (nSPS) is 16.8. The Bertz CT molecular complexity index is 1700. The van der Waals surface area contributed by atoms with Crippen LogP contribution in [0.15, 0.2) is 52.6 Å². The van der Waals surface area contributed by atoms with Gasteiger partial charge in [0.05, 0.1) is 24.3 Å². The van der Waals surface area contributed by atoms with Crippen LogP contribution in [0, 0.1) is 17.2 Å². The summed E-state index contributed by atoms with van der Waals surface area (Å²) < 4.78 is 4.76. The maximum absolute atomic E-state index is 13.2. The van der Waals surface area contributed by atoms with E-state index in [-0.39, 0.29) is 29.2 Å². The lowest BCUT2D eigenvalue weighted by Crippen LogP contribution is -2.50. The first-order valence-electron chi connectivity index (χ1n) is 17.1. The first-order valence-corrected chi connectivity index (χ1v) is 18.9. The zero-order chi connectivity index (χ0) is 35.6. The Morgan fingerprint density at radius 2 is 1.70 bits per heavy atom. The Morgan fingerprint density at radius 3 is 2.36 bits per heavy atom. The zero-order valence-corrected chi connectivity index (χ0v) is 30.0. The molecule has 1 unspecified atom stereocenters. The number of piperazine rings is 1. The molecule has 5 rings (SSSR count). The summed E-state index contributed by atoms with van der Waals surface area (Å²) >= 11 is 0. The minimum Gasteiger partial charge on any atom is -0.469 e. The maximum Gasteiger partial charge on any atom is 0.306 e. The molecule has 2 aliphatic rings. The second-order valence-corrected chi connectivity index (χ2v) is 14.8. The van der Waals surface area contributed by atoms with E-state index in [0.29, 0.717) is 47.3 Å². The fraction of sp³-hybridized carbons (Fsp3) is 0.472. The minimum atomic E-state index is -1.11. The summed E-state index contributed by atoms with van der Waals surface area (Å²) in [7, 11) is 0.328. The van der Waals surface area contributed by atoms with Gasteiger partial charge in [-0.2, -0.15) is 16.2 Å². The van der Waals surface area contributed by atoms with Gasteiger partial charge in [0.2, 0.25) is 11.8 Å². The van der Waals surface area contributed by atoms with Crippen molar-refractivity contribution < 1.29 is 19.1 Å². The number of thiol groups is 1. The van der Waals surface area contributed by atoms with Gasteiger partial charge in [0.25, 0.3) is 0 Å². The van der Waals surface area contributed by atoms with Crippen molar-refractivity contribution in [2.75, 3.05) is 76.8 Å². The summed E-state index contributed by atoms with van der Waals surface area (Å²) in [6.07, 6.45) is 5.64. The van der Waals surface area contributed by atoms with Crippen molar-refractivity contribution in [2.45, 2.75) is 49.2 Å². The molecule has 2 saturated heterocycles. The number of anilines is 2. The van der Waals surface area contributed by atoms with E-state index in [9.17, 15) is 19.6 Å². The molecular weight excluding hydrogens is 655 g/mol. The number of ether oxygens (including phenoxy) is 1. The average molecular weight is 702 g/mol. The van der Waals surface area contributed by atoms with E-state index >= 15 is 0 Å². The van der Waals surface area contributed by atoms with Crippen molar-refractivity contribution in [3.05, 3.63) is 53.7 Å². The highest BCUT2D eigenvalue weighted by Gasteiger charge is 2.26.